The number of anilines is 1. The Kier molecular flexibility index (Phi) is 4.09. The first-order chi connectivity index (χ1) is 10.00. The molecule has 0 aromatic heterocycles. The van der Waals surface area contributed by atoms with E-state index in [1.165, 1.54) is 4.90 Å². The lowest BCUT2D eigenvalue weighted by Gasteiger charge is -2.23. The molecule has 0 aliphatic carbocycles. The van der Waals surface area contributed by atoms with E-state index in [0.717, 1.165) is 12.1 Å². The summed E-state index contributed by atoms with van der Waals surface area (Å²) in [5.41, 5.74) is 3.86. The average Bonchev–Trinajstić information content (AvgIpc) is 2.85. The van der Waals surface area contributed by atoms with Crippen LogP contribution in [0.4, 0.5) is 18.9 Å². The predicted molar refractivity (Wildman–Crippen MR) is 72.3 cm³/mol. The first kappa shape index (κ1) is 16.6. The van der Waals surface area contributed by atoms with E-state index in [0.29, 0.717) is 12.5 Å². The largest absolute Gasteiger partial charge is 0.418 e. The maximum absolute atomic E-state index is 13.2. The fourth-order valence-electron chi connectivity index (χ4n) is 2.41. The molecule has 6 nitrogen and oxygen atoms in total. The molecule has 1 saturated heterocycles. The molecule has 2 rings (SSSR count). The third-order valence-corrected chi connectivity index (χ3v) is 4.44. The molecule has 1 aliphatic rings. The van der Waals surface area contributed by atoms with Crippen LogP contribution in [0.1, 0.15) is 12.0 Å². The summed E-state index contributed by atoms with van der Waals surface area (Å²) in [6.07, 6.45) is -4.40. The summed E-state index contributed by atoms with van der Waals surface area (Å²) in [6.45, 7) is 0.290. The van der Waals surface area contributed by atoms with Crippen molar-refractivity contribution >= 4 is 21.6 Å². The number of primary amides is 1. The van der Waals surface area contributed by atoms with Gasteiger partial charge >= 0.3 is 6.18 Å². The van der Waals surface area contributed by atoms with E-state index < -0.39 is 38.5 Å². The number of carbonyl (C=O) groups is 1. The van der Waals surface area contributed by atoms with E-state index in [1.807, 2.05) is 0 Å². The van der Waals surface area contributed by atoms with Crippen LogP contribution >= 0.6 is 0 Å². The lowest BCUT2D eigenvalue weighted by atomic mass is 10.1. The number of alkyl halides is 3. The van der Waals surface area contributed by atoms with Crippen LogP contribution in [0.15, 0.2) is 23.1 Å². The number of primary sulfonamides is 1. The molecule has 1 unspecified atom stereocenters. The van der Waals surface area contributed by atoms with E-state index in [1.54, 1.807) is 0 Å². The van der Waals surface area contributed by atoms with Crippen LogP contribution < -0.4 is 15.8 Å². The van der Waals surface area contributed by atoms with Crippen molar-refractivity contribution in [1.29, 1.82) is 0 Å². The number of nitrogens with zero attached hydrogens (tertiary/aromatic N) is 1. The SMILES string of the molecule is NC(=O)C1CCN(c2ccc(S(N)(=O)=O)cc2C(F)(F)F)C1. The topological polar surface area (TPSA) is 106 Å². The fourth-order valence-corrected chi connectivity index (χ4v) is 2.95. The number of rotatable bonds is 3. The summed E-state index contributed by atoms with van der Waals surface area (Å²) in [5.74, 6) is -1.10. The van der Waals surface area contributed by atoms with Gasteiger partial charge in [-0.3, -0.25) is 4.79 Å². The van der Waals surface area contributed by atoms with Crippen LogP contribution in [0.2, 0.25) is 0 Å². The molecule has 1 aliphatic heterocycles. The summed E-state index contributed by atoms with van der Waals surface area (Å²) in [7, 11) is -4.24. The minimum absolute atomic E-state index is 0.0626. The van der Waals surface area contributed by atoms with Gasteiger partial charge in [0.15, 0.2) is 0 Å². The lowest BCUT2D eigenvalue weighted by Crippen LogP contribution is -2.28. The van der Waals surface area contributed by atoms with Gasteiger partial charge in [0.1, 0.15) is 0 Å². The van der Waals surface area contributed by atoms with Gasteiger partial charge in [0.25, 0.3) is 0 Å². The van der Waals surface area contributed by atoms with Crippen LogP contribution in [-0.2, 0) is 21.0 Å². The van der Waals surface area contributed by atoms with Gasteiger partial charge in [-0.15, -0.1) is 0 Å². The Morgan fingerprint density at radius 2 is 1.95 bits per heavy atom. The Labute approximate surface area is 124 Å². The third-order valence-electron chi connectivity index (χ3n) is 3.53. The van der Waals surface area contributed by atoms with Gasteiger partial charge in [-0.05, 0) is 24.6 Å². The third kappa shape index (κ3) is 3.33. The van der Waals surface area contributed by atoms with Crippen molar-refractivity contribution in [2.45, 2.75) is 17.5 Å². The van der Waals surface area contributed by atoms with Gasteiger partial charge in [-0.2, -0.15) is 13.2 Å². The summed E-state index contributed by atoms with van der Waals surface area (Å²) < 4.78 is 62.0. The zero-order valence-corrected chi connectivity index (χ0v) is 12.1. The zero-order valence-electron chi connectivity index (χ0n) is 11.3. The molecule has 1 heterocycles. The molecule has 22 heavy (non-hydrogen) atoms. The van der Waals surface area contributed by atoms with Crippen molar-refractivity contribution < 1.29 is 26.4 Å². The highest BCUT2D eigenvalue weighted by Gasteiger charge is 2.38. The molecule has 10 heteroatoms. The van der Waals surface area contributed by atoms with Crippen molar-refractivity contribution in [3.05, 3.63) is 23.8 Å². The normalized spacial score (nSPS) is 19.5. The summed E-state index contributed by atoms with van der Waals surface area (Å²) in [5, 5.41) is 4.86. The van der Waals surface area contributed by atoms with Gasteiger partial charge in [-0.1, -0.05) is 0 Å². The fraction of sp³-hybridized carbons (Fsp3) is 0.417. The van der Waals surface area contributed by atoms with E-state index >= 15 is 0 Å². The monoisotopic (exact) mass is 337 g/mol. The van der Waals surface area contributed by atoms with Gasteiger partial charge in [0, 0.05) is 18.8 Å². The molecule has 0 bridgehead atoms. The van der Waals surface area contributed by atoms with Crippen LogP contribution in [0.25, 0.3) is 0 Å². The standard InChI is InChI=1S/C12H14F3N3O3S/c13-12(14,15)9-5-8(22(17,20)21)1-2-10(9)18-4-3-7(6-18)11(16)19/h1-2,5,7H,3-4,6H2,(H2,16,19)(H2,17,20,21). The van der Waals surface area contributed by atoms with Crippen molar-refractivity contribution in [3.63, 3.8) is 0 Å². The molecule has 0 radical (unpaired) electrons. The first-order valence-electron chi connectivity index (χ1n) is 6.28. The second kappa shape index (κ2) is 5.43. The minimum atomic E-state index is -4.75. The number of carbonyl (C=O) groups excluding carboxylic acids is 1. The highest BCUT2D eigenvalue weighted by atomic mass is 32.2. The highest BCUT2D eigenvalue weighted by molar-refractivity contribution is 7.89. The van der Waals surface area contributed by atoms with Gasteiger partial charge in [0.2, 0.25) is 15.9 Å². The Hall–Kier alpha value is -1.81. The van der Waals surface area contributed by atoms with Crippen LogP contribution in [0.3, 0.4) is 0 Å². The summed E-state index contributed by atoms with van der Waals surface area (Å²) in [4.78, 5) is 11.9. The second-order valence-electron chi connectivity index (χ2n) is 5.06. The maximum Gasteiger partial charge on any atom is 0.418 e. The predicted octanol–water partition coefficient (Wildman–Crippen LogP) is 0.664. The molecular formula is C12H14F3N3O3S. The molecule has 1 aromatic carbocycles. The average molecular weight is 337 g/mol. The number of benzene rings is 1. The Balaban J connectivity index is 2.46. The van der Waals surface area contributed by atoms with Gasteiger partial charge in [0.05, 0.1) is 16.4 Å². The van der Waals surface area contributed by atoms with E-state index in [2.05, 4.69) is 0 Å². The van der Waals surface area contributed by atoms with E-state index in [9.17, 15) is 26.4 Å². The van der Waals surface area contributed by atoms with E-state index in [4.69, 9.17) is 10.9 Å². The molecule has 1 amide bonds. The summed E-state index contributed by atoms with van der Waals surface area (Å²) >= 11 is 0. The number of hydrogen-bond donors (Lipinski definition) is 2. The number of amides is 1. The molecule has 1 atom stereocenters. The van der Waals surface area contributed by atoms with Crippen LogP contribution in [0, 0.1) is 5.92 Å². The highest BCUT2D eigenvalue weighted by Crippen LogP contribution is 2.39. The van der Waals surface area contributed by atoms with Crippen molar-refractivity contribution in [2.24, 2.45) is 16.8 Å². The van der Waals surface area contributed by atoms with E-state index in [-0.39, 0.29) is 18.8 Å². The van der Waals surface area contributed by atoms with Crippen LogP contribution in [-0.4, -0.2) is 27.4 Å². The smallest absolute Gasteiger partial charge is 0.370 e. The van der Waals surface area contributed by atoms with Crippen molar-refractivity contribution in [3.8, 4) is 0 Å². The maximum atomic E-state index is 13.2. The zero-order chi connectivity index (χ0) is 16.7. The number of halogens is 3. The Morgan fingerprint density at radius 1 is 1.32 bits per heavy atom. The van der Waals surface area contributed by atoms with Crippen molar-refractivity contribution in [2.75, 3.05) is 18.0 Å². The first-order valence-corrected chi connectivity index (χ1v) is 7.83. The Bertz CT molecular complexity index is 703. The molecule has 0 saturated carbocycles. The van der Waals surface area contributed by atoms with Gasteiger partial charge in [-0.25, -0.2) is 13.6 Å². The Morgan fingerprint density at radius 3 is 2.41 bits per heavy atom. The molecule has 1 fully saturated rings. The number of hydrogen-bond acceptors (Lipinski definition) is 4. The molecule has 4 N–H and O–H groups in total. The minimum Gasteiger partial charge on any atom is -0.370 e. The number of nitrogens with two attached hydrogens (primary N) is 2. The van der Waals surface area contributed by atoms with Crippen molar-refractivity contribution in [1.82, 2.24) is 0 Å². The molecule has 1 aromatic rings. The quantitative estimate of drug-likeness (QED) is 0.845. The lowest BCUT2D eigenvalue weighted by molar-refractivity contribution is -0.137. The molecule has 0 spiro atoms. The van der Waals surface area contributed by atoms with Crippen LogP contribution in [0.5, 0.6) is 0 Å². The van der Waals surface area contributed by atoms with Gasteiger partial charge < -0.3 is 10.6 Å². The molecule has 122 valence electrons. The number of sulfonamides is 1. The second-order valence-corrected chi connectivity index (χ2v) is 6.62. The summed E-state index contributed by atoms with van der Waals surface area (Å²) in [6, 6.07) is 2.56. The molecular weight excluding hydrogens is 323 g/mol.